The number of halogens is 1. The summed E-state index contributed by atoms with van der Waals surface area (Å²) in [5.74, 6) is -0.177. The maximum atomic E-state index is 12.8. The Kier molecular flexibility index (Phi) is 4.56. The maximum absolute atomic E-state index is 12.8. The Morgan fingerprint density at radius 2 is 2.00 bits per heavy atom. The zero-order chi connectivity index (χ0) is 18.8. The van der Waals surface area contributed by atoms with Crippen molar-refractivity contribution in [1.29, 1.82) is 0 Å². The molecule has 0 saturated heterocycles. The molecule has 134 valence electrons. The van der Waals surface area contributed by atoms with Gasteiger partial charge in [0, 0.05) is 36.1 Å². The number of rotatable bonds is 4. The van der Waals surface area contributed by atoms with E-state index in [9.17, 15) is 4.79 Å². The molecule has 0 bridgehead atoms. The Morgan fingerprint density at radius 3 is 2.74 bits per heavy atom. The van der Waals surface area contributed by atoms with Crippen LogP contribution in [0.15, 0.2) is 55.0 Å². The van der Waals surface area contributed by atoms with Gasteiger partial charge >= 0.3 is 0 Å². The van der Waals surface area contributed by atoms with Crippen LogP contribution in [-0.2, 0) is 6.54 Å². The minimum atomic E-state index is -0.177. The first-order valence-corrected chi connectivity index (χ1v) is 8.77. The van der Waals surface area contributed by atoms with Crippen LogP contribution >= 0.6 is 11.6 Å². The van der Waals surface area contributed by atoms with Crippen LogP contribution < -0.4 is 5.32 Å². The van der Waals surface area contributed by atoms with Gasteiger partial charge in [-0.3, -0.25) is 14.9 Å². The van der Waals surface area contributed by atoms with Crippen LogP contribution in [0.3, 0.4) is 0 Å². The van der Waals surface area contributed by atoms with E-state index in [0.717, 1.165) is 27.8 Å². The first-order valence-electron chi connectivity index (χ1n) is 8.39. The van der Waals surface area contributed by atoms with Gasteiger partial charge in [-0.25, -0.2) is 4.98 Å². The molecule has 1 aromatic carbocycles. The quantitative estimate of drug-likeness (QED) is 0.528. The number of benzene rings is 1. The normalized spacial score (nSPS) is 10.9. The van der Waals surface area contributed by atoms with Gasteiger partial charge in [0.05, 0.1) is 11.1 Å². The minimum Gasteiger partial charge on any atom is -0.348 e. The number of aromatic nitrogens is 4. The highest BCUT2D eigenvalue weighted by Crippen LogP contribution is 2.29. The number of carbonyl (C=O) groups excluding carboxylic acids is 1. The molecule has 0 radical (unpaired) electrons. The van der Waals surface area contributed by atoms with Crippen LogP contribution in [0, 0.1) is 6.92 Å². The molecule has 0 unspecified atom stereocenters. The second kappa shape index (κ2) is 7.17. The zero-order valence-corrected chi connectivity index (χ0v) is 15.3. The lowest BCUT2D eigenvalue weighted by Crippen LogP contribution is -2.23. The average molecular weight is 378 g/mol. The third-order valence-electron chi connectivity index (χ3n) is 4.26. The number of amides is 1. The molecule has 6 nitrogen and oxygen atoms in total. The van der Waals surface area contributed by atoms with Crippen molar-refractivity contribution >= 4 is 28.4 Å². The van der Waals surface area contributed by atoms with Crippen molar-refractivity contribution in [1.82, 2.24) is 25.5 Å². The van der Waals surface area contributed by atoms with E-state index < -0.39 is 0 Å². The van der Waals surface area contributed by atoms with Crippen molar-refractivity contribution < 1.29 is 4.79 Å². The molecule has 27 heavy (non-hydrogen) atoms. The molecular weight excluding hydrogens is 362 g/mol. The van der Waals surface area contributed by atoms with Crippen molar-refractivity contribution in [3.63, 3.8) is 0 Å². The summed E-state index contributed by atoms with van der Waals surface area (Å²) in [6, 6.07) is 11.2. The van der Waals surface area contributed by atoms with Crippen LogP contribution in [-0.4, -0.2) is 26.1 Å². The Bertz CT molecular complexity index is 1110. The van der Waals surface area contributed by atoms with Gasteiger partial charge in [-0.05, 0) is 48.4 Å². The van der Waals surface area contributed by atoms with Crippen molar-refractivity contribution in [3.05, 3.63) is 76.8 Å². The number of fused-ring (bicyclic) bond motifs is 1. The highest BCUT2D eigenvalue weighted by molar-refractivity contribution is 6.29. The van der Waals surface area contributed by atoms with Crippen molar-refractivity contribution in [2.75, 3.05) is 0 Å². The van der Waals surface area contributed by atoms with E-state index in [1.807, 2.05) is 37.3 Å². The lowest BCUT2D eigenvalue weighted by molar-refractivity contribution is 0.0952. The molecule has 0 spiro atoms. The second-order valence-electron chi connectivity index (χ2n) is 6.21. The molecule has 0 aliphatic heterocycles. The fourth-order valence-corrected chi connectivity index (χ4v) is 3.07. The summed E-state index contributed by atoms with van der Waals surface area (Å²) >= 11 is 5.79. The van der Waals surface area contributed by atoms with Gasteiger partial charge in [-0.15, -0.1) is 0 Å². The molecule has 0 aliphatic carbocycles. The Hall–Kier alpha value is -3.25. The number of aromatic amines is 1. The number of H-pyrrole nitrogens is 1. The Balaban J connectivity index is 1.66. The SMILES string of the molecule is Cc1cc(C(=O)NCc2ccc(Cl)nc2)c2[nH]nc(-c3ccncc3)c2c1. The van der Waals surface area contributed by atoms with Crippen LogP contribution in [0.2, 0.25) is 5.15 Å². The summed E-state index contributed by atoms with van der Waals surface area (Å²) in [6.07, 6.45) is 5.09. The van der Waals surface area contributed by atoms with Gasteiger partial charge in [-0.1, -0.05) is 17.7 Å². The standard InChI is InChI=1S/C20H16ClN5O/c1-12-8-15-18(14-4-6-22-7-5-14)25-26-19(15)16(9-12)20(27)24-11-13-2-3-17(21)23-10-13/h2-10H,11H2,1H3,(H,24,27)(H,25,26). The highest BCUT2D eigenvalue weighted by atomic mass is 35.5. The van der Waals surface area contributed by atoms with Gasteiger partial charge in [0.2, 0.25) is 0 Å². The number of hydrogen-bond donors (Lipinski definition) is 2. The number of pyridine rings is 2. The van der Waals surface area contributed by atoms with Crippen LogP contribution in [0.5, 0.6) is 0 Å². The van der Waals surface area contributed by atoms with Gasteiger partial charge in [0.15, 0.2) is 0 Å². The average Bonchev–Trinajstić information content (AvgIpc) is 3.11. The number of nitrogens with one attached hydrogen (secondary N) is 2. The van der Waals surface area contributed by atoms with Crippen LogP contribution in [0.4, 0.5) is 0 Å². The number of carbonyl (C=O) groups is 1. The first kappa shape index (κ1) is 17.2. The maximum Gasteiger partial charge on any atom is 0.253 e. The van der Waals surface area contributed by atoms with Crippen LogP contribution in [0.1, 0.15) is 21.5 Å². The number of nitrogens with zero attached hydrogens (tertiary/aromatic N) is 3. The molecule has 1 amide bonds. The number of aryl methyl sites for hydroxylation is 1. The Morgan fingerprint density at radius 1 is 1.19 bits per heavy atom. The summed E-state index contributed by atoms with van der Waals surface area (Å²) < 4.78 is 0. The summed E-state index contributed by atoms with van der Waals surface area (Å²) in [5.41, 5.74) is 4.86. The van der Waals surface area contributed by atoms with Crippen LogP contribution in [0.25, 0.3) is 22.2 Å². The van der Waals surface area contributed by atoms with E-state index in [2.05, 4.69) is 25.5 Å². The lowest BCUT2D eigenvalue weighted by Gasteiger charge is -2.08. The van der Waals surface area contributed by atoms with E-state index in [-0.39, 0.29) is 5.91 Å². The third kappa shape index (κ3) is 3.52. The molecule has 2 N–H and O–H groups in total. The van der Waals surface area contributed by atoms with E-state index in [0.29, 0.717) is 22.8 Å². The third-order valence-corrected chi connectivity index (χ3v) is 4.48. The minimum absolute atomic E-state index is 0.177. The Labute approximate surface area is 160 Å². The molecule has 7 heteroatoms. The second-order valence-corrected chi connectivity index (χ2v) is 6.60. The van der Waals surface area contributed by atoms with Crippen molar-refractivity contribution in [2.45, 2.75) is 13.5 Å². The summed E-state index contributed by atoms with van der Waals surface area (Å²) in [7, 11) is 0. The van der Waals surface area contributed by atoms with Crippen molar-refractivity contribution in [3.8, 4) is 11.3 Å². The van der Waals surface area contributed by atoms with E-state index in [1.54, 1.807) is 24.7 Å². The summed E-state index contributed by atoms with van der Waals surface area (Å²) in [5, 5.41) is 11.7. The molecule has 0 atom stereocenters. The summed E-state index contributed by atoms with van der Waals surface area (Å²) in [4.78, 5) is 20.8. The molecule has 0 aliphatic rings. The van der Waals surface area contributed by atoms with Gasteiger partial charge < -0.3 is 5.32 Å². The molecule has 4 rings (SSSR count). The van der Waals surface area contributed by atoms with E-state index in [1.165, 1.54) is 0 Å². The van der Waals surface area contributed by atoms with E-state index >= 15 is 0 Å². The number of hydrogen-bond acceptors (Lipinski definition) is 4. The summed E-state index contributed by atoms with van der Waals surface area (Å²) in [6.45, 7) is 2.33. The molecule has 0 saturated carbocycles. The molecule has 3 aromatic heterocycles. The van der Waals surface area contributed by atoms with Gasteiger partial charge in [0.1, 0.15) is 10.8 Å². The van der Waals surface area contributed by atoms with Gasteiger partial charge in [-0.2, -0.15) is 5.10 Å². The topological polar surface area (TPSA) is 83.6 Å². The smallest absolute Gasteiger partial charge is 0.253 e. The van der Waals surface area contributed by atoms with Gasteiger partial charge in [0.25, 0.3) is 5.91 Å². The first-order chi connectivity index (χ1) is 13.1. The van der Waals surface area contributed by atoms with Crippen molar-refractivity contribution in [2.24, 2.45) is 0 Å². The predicted octanol–water partition coefficient (Wildman–Crippen LogP) is 3.91. The molecule has 4 aromatic rings. The predicted molar refractivity (Wildman–Crippen MR) is 104 cm³/mol. The molecular formula is C20H16ClN5O. The zero-order valence-electron chi connectivity index (χ0n) is 14.5. The highest BCUT2D eigenvalue weighted by Gasteiger charge is 2.16. The lowest BCUT2D eigenvalue weighted by atomic mass is 10.0. The molecule has 3 heterocycles. The largest absolute Gasteiger partial charge is 0.348 e. The fraction of sp³-hybridized carbons (Fsp3) is 0.100. The fourth-order valence-electron chi connectivity index (χ4n) is 2.96. The molecule has 0 fully saturated rings. The van der Waals surface area contributed by atoms with E-state index in [4.69, 9.17) is 11.6 Å². The monoisotopic (exact) mass is 377 g/mol.